The van der Waals surface area contributed by atoms with Crippen molar-refractivity contribution in [3.63, 3.8) is 0 Å². The van der Waals surface area contributed by atoms with Crippen LogP contribution in [0.4, 0.5) is 10.1 Å². The van der Waals surface area contributed by atoms with E-state index in [9.17, 15) is 9.18 Å². The lowest BCUT2D eigenvalue weighted by Gasteiger charge is -2.15. The van der Waals surface area contributed by atoms with E-state index in [-0.39, 0.29) is 18.3 Å². The topological polar surface area (TPSA) is 81.5 Å². The van der Waals surface area contributed by atoms with Crippen LogP contribution in [0.15, 0.2) is 59.0 Å². The van der Waals surface area contributed by atoms with Crippen LogP contribution in [0.5, 0.6) is 0 Å². The van der Waals surface area contributed by atoms with Crippen molar-refractivity contribution in [2.24, 2.45) is 0 Å². The minimum atomic E-state index is -0.374. The van der Waals surface area contributed by atoms with E-state index in [2.05, 4.69) is 15.2 Å². The molecule has 0 atom stereocenters. The summed E-state index contributed by atoms with van der Waals surface area (Å²) in [4.78, 5) is 18.1. The molecule has 0 radical (unpaired) electrons. The third-order valence-corrected chi connectivity index (χ3v) is 5.53. The largest absolute Gasteiger partial charge is 0.462 e. The van der Waals surface area contributed by atoms with Crippen LogP contribution in [0.25, 0.3) is 10.9 Å². The number of nitrogens with zero attached hydrogens (tertiary/aromatic N) is 1. The summed E-state index contributed by atoms with van der Waals surface area (Å²) in [6, 6.07) is 14.9. The second-order valence-electron chi connectivity index (χ2n) is 7.96. The maximum absolute atomic E-state index is 13.1. The van der Waals surface area contributed by atoms with Gasteiger partial charge in [0.05, 0.1) is 6.54 Å². The molecule has 0 aliphatic rings. The zero-order valence-electron chi connectivity index (χ0n) is 18.1. The van der Waals surface area contributed by atoms with Gasteiger partial charge in [-0.25, -0.2) is 4.39 Å². The van der Waals surface area contributed by atoms with Gasteiger partial charge in [-0.05, 0) is 80.6 Å². The molecule has 32 heavy (non-hydrogen) atoms. The number of hydrogen-bond acceptors (Lipinski definition) is 4. The summed E-state index contributed by atoms with van der Waals surface area (Å²) in [7, 11) is 2.03. The zero-order chi connectivity index (χ0) is 22.7. The van der Waals surface area contributed by atoms with Crippen molar-refractivity contribution in [1.82, 2.24) is 9.88 Å². The van der Waals surface area contributed by atoms with Gasteiger partial charge >= 0.3 is 0 Å². The summed E-state index contributed by atoms with van der Waals surface area (Å²) in [5, 5.41) is 13.1. The van der Waals surface area contributed by atoms with Crippen molar-refractivity contribution in [2.75, 3.05) is 18.9 Å². The fourth-order valence-corrected chi connectivity index (χ4v) is 3.83. The van der Waals surface area contributed by atoms with E-state index in [1.165, 1.54) is 29.8 Å². The number of hydrogen-bond donors (Lipinski definition) is 3. The van der Waals surface area contributed by atoms with Crippen molar-refractivity contribution in [1.29, 1.82) is 0 Å². The Labute approximate surface area is 185 Å². The Morgan fingerprint density at radius 3 is 2.59 bits per heavy atom. The molecule has 0 saturated carbocycles. The summed E-state index contributed by atoms with van der Waals surface area (Å²) in [6.07, 6.45) is 0.825. The summed E-state index contributed by atoms with van der Waals surface area (Å²) in [5.74, 6) is 0.730. The van der Waals surface area contributed by atoms with Gasteiger partial charge in [0.2, 0.25) is 0 Å². The molecule has 0 aliphatic carbocycles. The number of rotatable bonds is 8. The molecule has 0 fully saturated rings. The summed E-state index contributed by atoms with van der Waals surface area (Å²) >= 11 is 0. The fraction of sp³-hybridized carbons (Fsp3) is 0.240. The molecule has 7 heteroatoms. The molecule has 0 aliphatic heterocycles. The number of likely N-dealkylation sites (N-methyl/N-ethyl adjacent to an activating group) is 1. The SMILES string of the molecule is Cc1[nH]c2ccc(NC(=O)c3ccc(F)cc3)cc2c1CCN(C)Cc1ccc(CO)o1. The number of halogens is 1. The minimum absolute atomic E-state index is 0.0989. The van der Waals surface area contributed by atoms with Crippen molar-refractivity contribution in [3.05, 3.63) is 88.8 Å². The Hall–Kier alpha value is -3.42. The van der Waals surface area contributed by atoms with E-state index >= 15 is 0 Å². The van der Waals surface area contributed by atoms with Gasteiger partial charge < -0.3 is 19.8 Å². The number of aryl methyl sites for hydroxylation is 1. The number of furan rings is 1. The standard InChI is InChI=1S/C25H26FN3O3/c1-16-22(11-12-29(2)14-20-8-9-21(15-30)32-20)23-13-19(7-10-24(23)27-16)28-25(31)17-3-5-18(26)6-4-17/h3-10,13,27,30H,11-12,14-15H2,1-2H3,(H,28,31). The maximum atomic E-state index is 13.1. The van der Waals surface area contributed by atoms with Crippen LogP contribution in [0.1, 0.15) is 33.1 Å². The molecule has 4 aromatic rings. The van der Waals surface area contributed by atoms with Crippen LogP contribution in [0.2, 0.25) is 0 Å². The number of benzene rings is 2. The highest BCUT2D eigenvalue weighted by Crippen LogP contribution is 2.26. The Bertz CT molecular complexity index is 1230. The number of H-pyrrole nitrogens is 1. The maximum Gasteiger partial charge on any atom is 0.255 e. The van der Waals surface area contributed by atoms with Gasteiger partial charge in [-0.1, -0.05) is 0 Å². The number of aliphatic hydroxyl groups is 1. The van der Waals surface area contributed by atoms with Crippen molar-refractivity contribution in [3.8, 4) is 0 Å². The number of amides is 1. The molecule has 4 rings (SSSR count). The number of anilines is 1. The van der Waals surface area contributed by atoms with Gasteiger partial charge in [0.15, 0.2) is 0 Å². The van der Waals surface area contributed by atoms with Gasteiger partial charge in [0, 0.05) is 34.4 Å². The van der Waals surface area contributed by atoms with Crippen LogP contribution >= 0.6 is 0 Å². The third-order valence-electron chi connectivity index (χ3n) is 5.53. The molecule has 1 amide bonds. The van der Waals surface area contributed by atoms with E-state index < -0.39 is 0 Å². The highest BCUT2D eigenvalue weighted by atomic mass is 19.1. The number of nitrogens with one attached hydrogen (secondary N) is 2. The minimum Gasteiger partial charge on any atom is -0.462 e. The molecule has 3 N–H and O–H groups in total. The van der Waals surface area contributed by atoms with Crippen LogP contribution in [0, 0.1) is 12.7 Å². The number of aromatic nitrogens is 1. The van der Waals surface area contributed by atoms with Crippen LogP contribution in [-0.2, 0) is 19.6 Å². The second-order valence-corrected chi connectivity index (χ2v) is 7.96. The number of aliphatic hydroxyl groups excluding tert-OH is 1. The summed E-state index contributed by atoms with van der Waals surface area (Å²) < 4.78 is 18.7. The molecule has 166 valence electrons. The highest BCUT2D eigenvalue weighted by Gasteiger charge is 2.13. The van der Waals surface area contributed by atoms with E-state index in [1.807, 2.05) is 38.2 Å². The van der Waals surface area contributed by atoms with Gasteiger partial charge in [-0.3, -0.25) is 9.69 Å². The smallest absolute Gasteiger partial charge is 0.255 e. The number of carbonyl (C=O) groups is 1. The lowest BCUT2D eigenvalue weighted by atomic mass is 10.1. The summed E-state index contributed by atoms with van der Waals surface area (Å²) in [6.45, 7) is 3.42. The van der Waals surface area contributed by atoms with Crippen LogP contribution < -0.4 is 5.32 Å². The molecule has 0 unspecified atom stereocenters. The average molecular weight is 435 g/mol. The first-order valence-electron chi connectivity index (χ1n) is 10.5. The fourth-order valence-electron chi connectivity index (χ4n) is 3.83. The number of carbonyl (C=O) groups excluding carboxylic acids is 1. The molecular formula is C25H26FN3O3. The zero-order valence-corrected chi connectivity index (χ0v) is 18.1. The summed E-state index contributed by atoms with van der Waals surface area (Å²) in [5.41, 5.74) is 4.39. The Balaban J connectivity index is 1.46. The molecular weight excluding hydrogens is 409 g/mol. The van der Waals surface area contributed by atoms with E-state index in [1.54, 1.807) is 6.07 Å². The van der Waals surface area contributed by atoms with Crippen molar-refractivity contribution in [2.45, 2.75) is 26.5 Å². The van der Waals surface area contributed by atoms with Crippen molar-refractivity contribution >= 4 is 22.5 Å². The lowest BCUT2D eigenvalue weighted by molar-refractivity contribution is 0.102. The van der Waals surface area contributed by atoms with Gasteiger partial charge in [-0.15, -0.1) is 0 Å². The van der Waals surface area contributed by atoms with Crippen LogP contribution in [-0.4, -0.2) is 34.5 Å². The first kappa shape index (κ1) is 21.8. The van der Waals surface area contributed by atoms with E-state index in [0.717, 1.165) is 35.3 Å². The third kappa shape index (κ3) is 4.90. The molecule has 0 spiro atoms. The monoisotopic (exact) mass is 435 g/mol. The molecule has 0 bridgehead atoms. The van der Waals surface area contributed by atoms with E-state index in [0.29, 0.717) is 23.6 Å². The highest BCUT2D eigenvalue weighted by molar-refractivity contribution is 6.05. The average Bonchev–Trinajstić information content (AvgIpc) is 3.35. The predicted molar refractivity (Wildman–Crippen MR) is 122 cm³/mol. The van der Waals surface area contributed by atoms with Gasteiger partial charge in [0.25, 0.3) is 5.91 Å². The number of fused-ring (bicyclic) bond motifs is 1. The van der Waals surface area contributed by atoms with Crippen LogP contribution in [0.3, 0.4) is 0 Å². The molecule has 2 aromatic heterocycles. The van der Waals surface area contributed by atoms with Gasteiger partial charge in [-0.2, -0.15) is 0 Å². The Kier molecular flexibility index (Phi) is 6.39. The predicted octanol–water partition coefficient (Wildman–Crippen LogP) is 4.63. The Morgan fingerprint density at radius 1 is 1.12 bits per heavy atom. The van der Waals surface area contributed by atoms with E-state index in [4.69, 9.17) is 9.52 Å². The van der Waals surface area contributed by atoms with Crippen molar-refractivity contribution < 1.29 is 18.7 Å². The lowest BCUT2D eigenvalue weighted by Crippen LogP contribution is -2.20. The first-order valence-corrected chi connectivity index (χ1v) is 10.5. The number of aromatic amines is 1. The first-order chi connectivity index (χ1) is 15.4. The second kappa shape index (κ2) is 9.38. The molecule has 2 heterocycles. The van der Waals surface area contributed by atoms with Gasteiger partial charge in [0.1, 0.15) is 23.9 Å². The quantitative estimate of drug-likeness (QED) is 0.377. The molecule has 6 nitrogen and oxygen atoms in total. The molecule has 2 aromatic carbocycles. The normalized spacial score (nSPS) is 11.4. The molecule has 0 saturated heterocycles. The Morgan fingerprint density at radius 2 is 1.88 bits per heavy atom.